The van der Waals surface area contributed by atoms with E-state index in [4.69, 9.17) is 10.7 Å². The first-order chi connectivity index (χ1) is 13.3. The lowest BCUT2D eigenvalue weighted by molar-refractivity contribution is 0.131. The highest BCUT2D eigenvalue weighted by Gasteiger charge is 2.30. The molecular weight excluding hydrogens is 336 g/mol. The molecule has 2 N–H and O–H groups in total. The first-order valence-corrected chi connectivity index (χ1v) is 10.0. The van der Waals surface area contributed by atoms with Crippen LogP contribution >= 0.6 is 0 Å². The van der Waals surface area contributed by atoms with E-state index >= 15 is 0 Å². The fourth-order valence-electron chi connectivity index (χ4n) is 4.61. The van der Waals surface area contributed by atoms with Gasteiger partial charge in [0.1, 0.15) is 0 Å². The maximum absolute atomic E-state index is 6.09. The van der Waals surface area contributed by atoms with Gasteiger partial charge in [-0.25, -0.2) is 4.98 Å². The van der Waals surface area contributed by atoms with Crippen LogP contribution in [0.4, 0.5) is 0 Å². The van der Waals surface area contributed by atoms with E-state index in [9.17, 15) is 0 Å². The summed E-state index contributed by atoms with van der Waals surface area (Å²) in [7, 11) is 0. The SMILES string of the molecule is NC1CCC(N2CCC(n3cc(-c4cnc5ccccc5n4)cn3)CC2)C1. The Hall–Kier alpha value is -2.31. The molecule has 5 rings (SSSR count). The van der Waals surface area contributed by atoms with Crippen molar-refractivity contribution in [1.29, 1.82) is 0 Å². The number of piperidine rings is 1. The zero-order chi connectivity index (χ0) is 18.2. The van der Waals surface area contributed by atoms with Crippen LogP contribution in [-0.4, -0.2) is 49.8 Å². The van der Waals surface area contributed by atoms with Gasteiger partial charge in [-0.05, 0) is 44.2 Å². The number of aromatic nitrogens is 4. The number of likely N-dealkylation sites (tertiary alicyclic amines) is 1. The Labute approximate surface area is 159 Å². The summed E-state index contributed by atoms with van der Waals surface area (Å²) in [5.41, 5.74) is 9.86. The van der Waals surface area contributed by atoms with Crippen LogP contribution < -0.4 is 5.73 Å². The number of rotatable bonds is 3. The van der Waals surface area contributed by atoms with E-state index in [1.165, 1.54) is 12.8 Å². The molecule has 3 heterocycles. The lowest BCUT2D eigenvalue weighted by atomic mass is 10.0. The molecule has 1 saturated heterocycles. The molecule has 1 aliphatic heterocycles. The third kappa shape index (κ3) is 3.35. The molecule has 140 valence electrons. The number of nitrogens with two attached hydrogens (primary N) is 1. The first-order valence-electron chi connectivity index (χ1n) is 10.0. The smallest absolute Gasteiger partial charge is 0.0924 e. The molecule has 2 fully saturated rings. The summed E-state index contributed by atoms with van der Waals surface area (Å²) in [6.07, 6.45) is 11.8. The highest BCUT2D eigenvalue weighted by Crippen LogP contribution is 2.30. The van der Waals surface area contributed by atoms with Gasteiger partial charge in [0.2, 0.25) is 0 Å². The van der Waals surface area contributed by atoms with Crippen LogP contribution in [0.15, 0.2) is 42.9 Å². The van der Waals surface area contributed by atoms with Crippen LogP contribution in [0.5, 0.6) is 0 Å². The van der Waals surface area contributed by atoms with E-state index in [-0.39, 0.29) is 0 Å². The topological polar surface area (TPSA) is 72.9 Å². The van der Waals surface area contributed by atoms with E-state index < -0.39 is 0 Å². The number of nitrogens with zero attached hydrogens (tertiary/aromatic N) is 5. The Balaban J connectivity index is 1.28. The minimum atomic E-state index is 0.407. The molecule has 0 amide bonds. The van der Waals surface area contributed by atoms with Crippen molar-refractivity contribution >= 4 is 11.0 Å². The summed E-state index contributed by atoms with van der Waals surface area (Å²) in [4.78, 5) is 11.9. The van der Waals surface area contributed by atoms with Crippen molar-refractivity contribution in [2.75, 3.05) is 13.1 Å². The summed E-state index contributed by atoms with van der Waals surface area (Å²) in [5.74, 6) is 0. The van der Waals surface area contributed by atoms with Gasteiger partial charge in [-0.3, -0.25) is 9.67 Å². The molecular formula is C21H26N6. The van der Waals surface area contributed by atoms with E-state index in [0.29, 0.717) is 18.1 Å². The lowest BCUT2D eigenvalue weighted by Crippen LogP contribution is -2.41. The van der Waals surface area contributed by atoms with Gasteiger partial charge < -0.3 is 10.6 Å². The van der Waals surface area contributed by atoms with Gasteiger partial charge in [-0.2, -0.15) is 5.10 Å². The normalized spacial score (nSPS) is 24.6. The minimum Gasteiger partial charge on any atom is -0.328 e. The van der Waals surface area contributed by atoms with Gasteiger partial charge in [0.15, 0.2) is 0 Å². The second-order valence-electron chi connectivity index (χ2n) is 7.95. The van der Waals surface area contributed by atoms with Crippen molar-refractivity contribution in [2.24, 2.45) is 5.73 Å². The highest BCUT2D eigenvalue weighted by atomic mass is 15.3. The van der Waals surface area contributed by atoms with Crippen LogP contribution in [0, 0.1) is 0 Å². The predicted molar refractivity (Wildman–Crippen MR) is 106 cm³/mol. The van der Waals surface area contributed by atoms with Crippen molar-refractivity contribution in [3.63, 3.8) is 0 Å². The van der Waals surface area contributed by atoms with Crippen molar-refractivity contribution in [2.45, 2.75) is 50.2 Å². The van der Waals surface area contributed by atoms with Gasteiger partial charge >= 0.3 is 0 Å². The molecule has 2 aliphatic rings. The number of para-hydroxylation sites is 2. The van der Waals surface area contributed by atoms with Crippen molar-refractivity contribution < 1.29 is 0 Å². The molecule has 2 unspecified atom stereocenters. The van der Waals surface area contributed by atoms with Crippen molar-refractivity contribution in [3.8, 4) is 11.3 Å². The Morgan fingerprint density at radius 2 is 1.74 bits per heavy atom. The Bertz CT molecular complexity index is 927. The minimum absolute atomic E-state index is 0.407. The van der Waals surface area contributed by atoms with E-state index in [1.54, 1.807) is 0 Å². The van der Waals surface area contributed by atoms with E-state index in [0.717, 1.165) is 54.6 Å². The monoisotopic (exact) mass is 362 g/mol. The summed E-state index contributed by atoms with van der Waals surface area (Å²) in [6.45, 7) is 2.29. The quantitative estimate of drug-likeness (QED) is 0.775. The highest BCUT2D eigenvalue weighted by molar-refractivity contribution is 5.76. The number of benzene rings is 1. The average molecular weight is 362 g/mol. The Morgan fingerprint density at radius 3 is 2.52 bits per heavy atom. The summed E-state index contributed by atoms with van der Waals surface area (Å²) in [5, 5.41) is 4.64. The maximum Gasteiger partial charge on any atom is 0.0924 e. The molecule has 0 spiro atoms. The second-order valence-corrected chi connectivity index (χ2v) is 7.95. The lowest BCUT2D eigenvalue weighted by Gasteiger charge is -2.36. The van der Waals surface area contributed by atoms with Crippen LogP contribution in [0.2, 0.25) is 0 Å². The summed E-state index contributed by atoms with van der Waals surface area (Å²) >= 11 is 0. The summed E-state index contributed by atoms with van der Waals surface area (Å²) < 4.78 is 2.13. The van der Waals surface area contributed by atoms with Crippen LogP contribution in [-0.2, 0) is 0 Å². The van der Waals surface area contributed by atoms with E-state index in [2.05, 4.69) is 25.9 Å². The molecule has 3 aromatic rings. The second kappa shape index (κ2) is 7.02. The summed E-state index contributed by atoms with van der Waals surface area (Å²) in [6, 6.07) is 9.54. The van der Waals surface area contributed by atoms with Gasteiger partial charge in [0.05, 0.1) is 35.2 Å². The molecule has 1 saturated carbocycles. The van der Waals surface area contributed by atoms with Crippen LogP contribution in [0.1, 0.15) is 38.1 Å². The van der Waals surface area contributed by atoms with Crippen molar-refractivity contribution in [3.05, 3.63) is 42.9 Å². The molecule has 6 heteroatoms. The number of fused-ring (bicyclic) bond motifs is 1. The van der Waals surface area contributed by atoms with Gasteiger partial charge in [-0.1, -0.05) is 12.1 Å². The fraction of sp³-hybridized carbons (Fsp3) is 0.476. The fourth-order valence-corrected chi connectivity index (χ4v) is 4.61. The molecule has 6 nitrogen and oxygen atoms in total. The third-order valence-corrected chi connectivity index (χ3v) is 6.18. The van der Waals surface area contributed by atoms with Crippen molar-refractivity contribution in [1.82, 2.24) is 24.6 Å². The zero-order valence-electron chi connectivity index (χ0n) is 15.5. The largest absolute Gasteiger partial charge is 0.328 e. The third-order valence-electron chi connectivity index (χ3n) is 6.18. The molecule has 2 aromatic heterocycles. The Kier molecular flexibility index (Phi) is 4.38. The molecule has 2 atom stereocenters. The maximum atomic E-state index is 6.09. The number of hydrogen-bond acceptors (Lipinski definition) is 5. The Morgan fingerprint density at radius 1 is 0.926 bits per heavy atom. The van der Waals surface area contributed by atoms with Gasteiger partial charge in [0, 0.05) is 36.9 Å². The number of hydrogen-bond donors (Lipinski definition) is 1. The first kappa shape index (κ1) is 16.8. The average Bonchev–Trinajstić information content (AvgIpc) is 3.37. The molecule has 0 radical (unpaired) electrons. The van der Waals surface area contributed by atoms with Crippen LogP contribution in [0.25, 0.3) is 22.3 Å². The molecule has 27 heavy (non-hydrogen) atoms. The van der Waals surface area contributed by atoms with E-state index in [1.807, 2.05) is 36.7 Å². The molecule has 1 aliphatic carbocycles. The molecule has 1 aromatic carbocycles. The predicted octanol–water partition coefficient (Wildman–Crippen LogP) is 3.01. The van der Waals surface area contributed by atoms with Gasteiger partial charge in [0.25, 0.3) is 0 Å². The zero-order valence-corrected chi connectivity index (χ0v) is 15.5. The van der Waals surface area contributed by atoms with Crippen LogP contribution in [0.3, 0.4) is 0 Å². The molecule has 0 bridgehead atoms. The standard InChI is InChI=1S/C21H26N6/c22-16-5-6-18(11-16)26-9-7-17(8-10-26)27-14-15(12-24-27)21-13-23-19-3-1-2-4-20(19)25-21/h1-4,12-14,16-18H,5-11,22H2. The van der Waals surface area contributed by atoms with Gasteiger partial charge in [-0.15, -0.1) is 0 Å².